The van der Waals surface area contributed by atoms with E-state index >= 15 is 0 Å². The van der Waals surface area contributed by atoms with E-state index in [9.17, 15) is 9.59 Å². The minimum Gasteiger partial charge on any atom is -0.490 e. The number of carbonyl (C=O) groups excluding carboxylic acids is 2. The average molecular weight is 354 g/mol. The van der Waals surface area contributed by atoms with Gasteiger partial charge in [-0.15, -0.1) is 0 Å². The lowest BCUT2D eigenvalue weighted by Gasteiger charge is -2.11. The molecule has 2 N–H and O–H groups in total. The second-order valence-corrected chi connectivity index (χ2v) is 5.21. The summed E-state index contributed by atoms with van der Waals surface area (Å²) in [4.78, 5) is 23.7. The molecule has 6 nitrogen and oxygen atoms in total. The van der Waals surface area contributed by atoms with Crippen LogP contribution in [0, 0.1) is 0 Å². The number of hydrogen-bond donors (Lipinski definition) is 2. The van der Waals surface area contributed by atoms with Crippen molar-refractivity contribution in [3.8, 4) is 11.5 Å². The highest BCUT2D eigenvalue weighted by atomic mass is 16.5. The molecule has 0 aromatic heterocycles. The molecule has 0 aliphatic heterocycles. The number of benzene rings is 2. The Morgan fingerprint density at radius 2 is 1.62 bits per heavy atom. The van der Waals surface area contributed by atoms with Crippen LogP contribution < -0.4 is 20.3 Å². The molecule has 0 saturated carbocycles. The summed E-state index contributed by atoms with van der Waals surface area (Å²) >= 11 is 0. The van der Waals surface area contributed by atoms with Gasteiger partial charge in [-0.3, -0.25) is 20.4 Å². The van der Waals surface area contributed by atoms with Gasteiger partial charge < -0.3 is 9.47 Å². The SMILES string of the molecule is CCOc1ccc(/C=C/C(=O)NNC(=O)c2ccccc2)cc1OCC. The van der Waals surface area contributed by atoms with E-state index in [1.54, 1.807) is 42.5 Å². The van der Waals surface area contributed by atoms with Crippen molar-refractivity contribution in [2.75, 3.05) is 13.2 Å². The third kappa shape index (κ3) is 5.66. The van der Waals surface area contributed by atoms with Gasteiger partial charge in [0.25, 0.3) is 11.8 Å². The Bertz CT molecular complexity index is 773. The highest BCUT2D eigenvalue weighted by molar-refractivity contribution is 5.97. The predicted molar refractivity (Wildman–Crippen MR) is 99.9 cm³/mol. The first kappa shape index (κ1) is 19.1. The topological polar surface area (TPSA) is 76.7 Å². The van der Waals surface area contributed by atoms with Gasteiger partial charge >= 0.3 is 0 Å². The molecule has 0 unspecified atom stereocenters. The Kier molecular flexibility index (Phi) is 7.24. The van der Waals surface area contributed by atoms with Crippen molar-refractivity contribution in [1.82, 2.24) is 10.9 Å². The molecule has 0 atom stereocenters. The van der Waals surface area contributed by atoms with Crippen LogP contribution >= 0.6 is 0 Å². The summed E-state index contributed by atoms with van der Waals surface area (Å²) in [6.07, 6.45) is 2.96. The molecular weight excluding hydrogens is 332 g/mol. The van der Waals surface area contributed by atoms with Crippen molar-refractivity contribution in [2.45, 2.75) is 13.8 Å². The van der Waals surface area contributed by atoms with Gasteiger partial charge in [0.15, 0.2) is 11.5 Å². The molecule has 0 fully saturated rings. The first-order valence-electron chi connectivity index (χ1n) is 8.37. The summed E-state index contributed by atoms with van der Waals surface area (Å²) in [6.45, 7) is 4.84. The van der Waals surface area contributed by atoms with Gasteiger partial charge in [-0.2, -0.15) is 0 Å². The quantitative estimate of drug-likeness (QED) is 0.592. The van der Waals surface area contributed by atoms with Crippen molar-refractivity contribution < 1.29 is 19.1 Å². The summed E-state index contributed by atoms with van der Waals surface area (Å²) in [7, 11) is 0. The molecule has 0 saturated heterocycles. The Morgan fingerprint density at radius 1 is 0.923 bits per heavy atom. The van der Waals surface area contributed by atoms with E-state index in [0.29, 0.717) is 30.3 Å². The lowest BCUT2D eigenvalue weighted by Crippen LogP contribution is -2.40. The van der Waals surface area contributed by atoms with E-state index in [2.05, 4.69) is 10.9 Å². The standard InChI is InChI=1S/C20H22N2O4/c1-3-25-17-12-10-15(14-18(17)26-4-2)11-13-19(23)21-22-20(24)16-8-6-5-7-9-16/h5-14H,3-4H2,1-2H3,(H,21,23)(H,22,24)/b13-11+. The van der Waals surface area contributed by atoms with E-state index < -0.39 is 5.91 Å². The van der Waals surface area contributed by atoms with Gasteiger partial charge in [-0.25, -0.2) is 0 Å². The van der Waals surface area contributed by atoms with Gasteiger partial charge in [0, 0.05) is 11.6 Å². The fourth-order valence-electron chi connectivity index (χ4n) is 2.17. The molecule has 26 heavy (non-hydrogen) atoms. The summed E-state index contributed by atoms with van der Waals surface area (Å²) in [5, 5.41) is 0. The minimum atomic E-state index is -0.443. The van der Waals surface area contributed by atoms with Crippen LogP contribution in [-0.2, 0) is 4.79 Å². The van der Waals surface area contributed by atoms with E-state index in [0.717, 1.165) is 5.56 Å². The van der Waals surface area contributed by atoms with Crippen LogP contribution in [0.2, 0.25) is 0 Å². The van der Waals surface area contributed by atoms with Crippen molar-refractivity contribution in [2.24, 2.45) is 0 Å². The fraction of sp³-hybridized carbons (Fsp3) is 0.200. The van der Waals surface area contributed by atoms with Crippen LogP contribution in [0.15, 0.2) is 54.6 Å². The number of nitrogens with one attached hydrogen (secondary N) is 2. The highest BCUT2D eigenvalue weighted by Gasteiger charge is 2.06. The van der Waals surface area contributed by atoms with Crippen molar-refractivity contribution in [1.29, 1.82) is 0 Å². The van der Waals surface area contributed by atoms with Gasteiger partial charge in [0.1, 0.15) is 0 Å². The van der Waals surface area contributed by atoms with Gasteiger partial charge in [-0.05, 0) is 49.8 Å². The van der Waals surface area contributed by atoms with Crippen molar-refractivity contribution in [3.05, 3.63) is 65.7 Å². The van der Waals surface area contributed by atoms with E-state index in [-0.39, 0.29) is 5.91 Å². The van der Waals surface area contributed by atoms with Gasteiger partial charge in [-0.1, -0.05) is 24.3 Å². The van der Waals surface area contributed by atoms with Crippen LogP contribution in [-0.4, -0.2) is 25.0 Å². The Hall–Kier alpha value is -3.28. The van der Waals surface area contributed by atoms with Crippen LogP contribution in [0.4, 0.5) is 0 Å². The number of ether oxygens (including phenoxy) is 2. The number of hydrogen-bond acceptors (Lipinski definition) is 4. The number of hydrazine groups is 1. The average Bonchev–Trinajstić information content (AvgIpc) is 2.67. The van der Waals surface area contributed by atoms with E-state index in [4.69, 9.17) is 9.47 Å². The zero-order chi connectivity index (χ0) is 18.8. The maximum Gasteiger partial charge on any atom is 0.269 e. The molecule has 0 bridgehead atoms. The molecule has 0 aliphatic rings. The van der Waals surface area contributed by atoms with Crippen LogP contribution in [0.5, 0.6) is 11.5 Å². The number of carbonyl (C=O) groups is 2. The molecule has 136 valence electrons. The molecule has 2 rings (SSSR count). The Morgan fingerprint density at radius 3 is 2.31 bits per heavy atom. The number of rotatable bonds is 7. The summed E-state index contributed by atoms with van der Waals surface area (Å²) < 4.78 is 11.0. The van der Waals surface area contributed by atoms with E-state index in [1.807, 2.05) is 26.0 Å². The molecule has 0 heterocycles. The zero-order valence-electron chi connectivity index (χ0n) is 14.8. The summed E-state index contributed by atoms with van der Waals surface area (Å²) in [6, 6.07) is 14.0. The second-order valence-electron chi connectivity index (χ2n) is 5.21. The molecule has 0 aliphatic carbocycles. The predicted octanol–water partition coefficient (Wildman–Crippen LogP) is 2.96. The van der Waals surface area contributed by atoms with E-state index in [1.165, 1.54) is 6.08 Å². The maximum atomic E-state index is 11.9. The molecule has 2 aromatic rings. The van der Waals surface area contributed by atoms with Gasteiger partial charge in [0.2, 0.25) is 0 Å². The fourth-order valence-corrected chi connectivity index (χ4v) is 2.17. The van der Waals surface area contributed by atoms with Crippen LogP contribution in [0.3, 0.4) is 0 Å². The lowest BCUT2D eigenvalue weighted by atomic mass is 10.2. The third-order valence-electron chi connectivity index (χ3n) is 3.33. The Labute approximate surface area is 152 Å². The summed E-state index contributed by atoms with van der Waals surface area (Å²) in [5.41, 5.74) is 5.94. The van der Waals surface area contributed by atoms with Crippen LogP contribution in [0.1, 0.15) is 29.8 Å². The Balaban J connectivity index is 1.94. The molecule has 0 spiro atoms. The normalized spacial score (nSPS) is 10.4. The smallest absolute Gasteiger partial charge is 0.269 e. The molecule has 0 radical (unpaired) electrons. The minimum absolute atomic E-state index is 0.382. The first-order chi connectivity index (χ1) is 12.6. The maximum absolute atomic E-state index is 11.9. The number of amides is 2. The first-order valence-corrected chi connectivity index (χ1v) is 8.37. The third-order valence-corrected chi connectivity index (χ3v) is 3.33. The van der Waals surface area contributed by atoms with Crippen molar-refractivity contribution >= 4 is 17.9 Å². The molecule has 2 amide bonds. The molecule has 2 aromatic carbocycles. The second kappa shape index (κ2) is 9.88. The van der Waals surface area contributed by atoms with Crippen molar-refractivity contribution in [3.63, 3.8) is 0 Å². The van der Waals surface area contributed by atoms with Crippen LogP contribution in [0.25, 0.3) is 6.08 Å². The largest absolute Gasteiger partial charge is 0.490 e. The zero-order valence-corrected chi connectivity index (χ0v) is 14.8. The van der Waals surface area contributed by atoms with Gasteiger partial charge in [0.05, 0.1) is 13.2 Å². The lowest BCUT2D eigenvalue weighted by molar-refractivity contribution is -0.117. The highest BCUT2D eigenvalue weighted by Crippen LogP contribution is 2.28. The molecule has 6 heteroatoms. The monoisotopic (exact) mass is 354 g/mol. The summed E-state index contributed by atoms with van der Waals surface area (Å²) in [5.74, 6) is 0.452. The molecular formula is C20H22N2O4.